The van der Waals surface area contributed by atoms with Gasteiger partial charge in [0.2, 0.25) is 5.78 Å². The highest BCUT2D eigenvalue weighted by molar-refractivity contribution is 7.14. The fourth-order valence-electron chi connectivity index (χ4n) is 2.43. The topological polar surface area (TPSA) is 26.3 Å². The second kappa shape index (κ2) is 4.78. The van der Waals surface area contributed by atoms with Gasteiger partial charge in [0.05, 0.1) is 17.6 Å². The van der Waals surface area contributed by atoms with Crippen molar-refractivity contribution in [1.29, 1.82) is 0 Å². The molecular formula is C15H13FO2S. The van der Waals surface area contributed by atoms with Crippen LogP contribution in [0.4, 0.5) is 4.39 Å². The van der Waals surface area contributed by atoms with Gasteiger partial charge >= 0.3 is 0 Å². The van der Waals surface area contributed by atoms with E-state index in [9.17, 15) is 9.18 Å². The van der Waals surface area contributed by atoms with Crippen molar-refractivity contribution in [1.82, 2.24) is 0 Å². The fraction of sp³-hybridized carbons (Fsp3) is 0.267. The summed E-state index contributed by atoms with van der Waals surface area (Å²) in [6.45, 7) is 0. The summed E-state index contributed by atoms with van der Waals surface area (Å²) in [5.74, 6) is -0.163. The van der Waals surface area contributed by atoms with Crippen LogP contribution in [0.1, 0.15) is 32.1 Å². The van der Waals surface area contributed by atoms with Crippen molar-refractivity contribution in [2.75, 3.05) is 7.11 Å². The van der Waals surface area contributed by atoms with Crippen molar-refractivity contribution >= 4 is 17.1 Å². The van der Waals surface area contributed by atoms with Crippen molar-refractivity contribution < 1.29 is 13.9 Å². The summed E-state index contributed by atoms with van der Waals surface area (Å²) in [4.78, 5) is 14.4. The molecule has 98 valence electrons. The van der Waals surface area contributed by atoms with E-state index in [0.717, 1.165) is 12.8 Å². The summed E-state index contributed by atoms with van der Waals surface area (Å²) < 4.78 is 18.5. The molecule has 4 heteroatoms. The molecule has 0 N–H and O–H groups in total. The maximum Gasteiger partial charge on any atom is 0.206 e. The molecule has 0 saturated heterocycles. The normalized spacial score (nSPS) is 13.4. The quantitative estimate of drug-likeness (QED) is 0.800. The van der Waals surface area contributed by atoms with Crippen molar-refractivity contribution in [3.8, 4) is 5.75 Å². The molecule has 0 amide bonds. The van der Waals surface area contributed by atoms with Crippen molar-refractivity contribution in [2.24, 2.45) is 0 Å². The van der Waals surface area contributed by atoms with Gasteiger partial charge in [-0.1, -0.05) is 0 Å². The predicted octanol–water partition coefficient (Wildman–Crippen LogP) is 3.62. The van der Waals surface area contributed by atoms with Crippen LogP contribution in [0, 0.1) is 5.82 Å². The molecule has 0 unspecified atom stereocenters. The van der Waals surface area contributed by atoms with Gasteiger partial charge in [-0.2, -0.15) is 0 Å². The Morgan fingerprint density at radius 2 is 2.16 bits per heavy atom. The summed E-state index contributed by atoms with van der Waals surface area (Å²) in [6, 6.07) is 5.97. The molecule has 0 saturated carbocycles. The molecule has 0 spiro atoms. The zero-order valence-corrected chi connectivity index (χ0v) is 11.3. The fourth-order valence-corrected chi connectivity index (χ4v) is 3.64. The average molecular weight is 276 g/mol. The van der Waals surface area contributed by atoms with Gasteiger partial charge in [0, 0.05) is 4.88 Å². The van der Waals surface area contributed by atoms with E-state index >= 15 is 0 Å². The summed E-state index contributed by atoms with van der Waals surface area (Å²) in [5, 5.41) is 0. The molecule has 0 radical (unpaired) electrons. The number of thiophene rings is 1. The zero-order chi connectivity index (χ0) is 13.4. The molecule has 2 aromatic rings. The molecule has 0 bridgehead atoms. The van der Waals surface area contributed by atoms with Crippen LogP contribution in [0.3, 0.4) is 0 Å². The van der Waals surface area contributed by atoms with Crippen LogP contribution in [0.2, 0.25) is 0 Å². The number of halogens is 1. The Balaban J connectivity index is 2.01. The van der Waals surface area contributed by atoms with Gasteiger partial charge in [-0.15, -0.1) is 11.3 Å². The van der Waals surface area contributed by atoms with Crippen LogP contribution in [-0.4, -0.2) is 12.9 Å². The molecule has 3 rings (SSSR count). The third-order valence-electron chi connectivity index (χ3n) is 3.38. The molecule has 1 aromatic carbocycles. The number of benzene rings is 1. The molecule has 2 nitrogen and oxygen atoms in total. The van der Waals surface area contributed by atoms with E-state index in [-0.39, 0.29) is 5.78 Å². The van der Waals surface area contributed by atoms with Crippen molar-refractivity contribution in [3.63, 3.8) is 0 Å². The first-order valence-corrected chi connectivity index (χ1v) is 7.00. The second-order valence-corrected chi connectivity index (χ2v) is 5.72. The smallest absolute Gasteiger partial charge is 0.206 e. The number of aryl methyl sites for hydroxylation is 2. The Kier molecular flexibility index (Phi) is 3.11. The number of methoxy groups -OCH3 is 1. The van der Waals surface area contributed by atoms with E-state index in [4.69, 9.17) is 4.74 Å². The Labute approximate surface area is 114 Å². The van der Waals surface area contributed by atoms with E-state index in [1.807, 2.05) is 6.07 Å². The first kappa shape index (κ1) is 12.4. The number of ketones is 1. The van der Waals surface area contributed by atoms with Gasteiger partial charge < -0.3 is 4.74 Å². The lowest BCUT2D eigenvalue weighted by Gasteiger charge is -2.06. The van der Waals surface area contributed by atoms with Crippen LogP contribution in [0.25, 0.3) is 0 Å². The Morgan fingerprint density at radius 1 is 1.32 bits per heavy atom. The van der Waals surface area contributed by atoms with Crippen molar-refractivity contribution in [2.45, 2.75) is 19.3 Å². The lowest BCUT2D eigenvalue weighted by Crippen LogP contribution is -2.03. The Hall–Kier alpha value is -1.68. The molecular weight excluding hydrogens is 263 g/mol. The minimum Gasteiger partial charge on any atom is -0.496 e. The van der Waals surface area contributed by atoms with Gasteiger partial charge in [0.15, 0.2) is 0 Å². The lowest BCUT2D eigenvalue weighted by atomic mass is 10.1. The molecule has 1 aromatic heterocycles. The second-order valence-electron chi connectivity index (χ2n) is 4.59. The standard InChI is InChI=1S/C15H13FO2S/c1-18-12-6-5-10(16)8-11(12)15(17)14-7-9-3-2-4-13(9)19-14/h5-8H,2-4H2,1H3. The number of carbonyl (C=O) groups is 1. The number of rotatable bonds is 3. The maximum absolute atomic E-state index is 13.3. The number of carbonyl (C=O) groups excluding carboxylic acids is 1. The molecule has 0 atom stereocenters. The molecule has 0 fully saturated rings. The molecule has 1 heterocycles. The first-order valence-electron chi connectivity index (χ1n) is 6.19. The number of ether oxygens (including phenoxy) is 1. The molecule has 0 aliphatic heterocycles. The van der Waals surface area contributed by atoms with Crippen molar-refractivity contribution in [3.05, 3.63) is 51.0 Å². The van der Waals surface area contributed by atoms with E-state index in [0.29, 0.717) is 16.2 Å². The molecule has 1 aliphatic rings. The highest BCUT2D eigenvalue weighted by atomic mass is 32.1. The van der Waals surface area contributed by atoms with E-state index < -0.39 is 5.82 Å². The van der Waals surface area contributed by atoms with Crippen LogP contribution in [0.5, 0.6) is 5.75 Å². The van der Waals surface area contributed by atoms with Gasteiger partial charge in [-0.05, 0) is 49.1 Å². The molecule has 19 heavy (non-hydrogen) atoms. The van der Waals surface area contributed by atoms with Gasteiger partial charge in [0.25, 0.3) is 0 Å². The number of fused-ring (bicyclic) bond motifs is 1. The summed E-state index contributed by atoms with van der Waals surface area (Å²) in [6.07, 6.45) is 3.26. The maximum atomic E-state index is 13.3. The van der Waals surface area contributed by atoms with E-state index in [1.54, 1.807) is 0 Å². The van der Waals surface area contributed by atoms with Crippen LogP contribution in [0.15, 0.2) is 24.3 Å². The zero-order valence-electron chi connectivity index (χ0n) is 10.5. The van der Waals surface area contributed by atoms with Crippen LogP contribution < -0.4 is 4.74 Å². The summed E-state index contributed by atoms with van der Waals surface area (Å²) in [5.41, 5.74) is 1.56. The first-order chi connectivity index (χ1) is 9.19. The average Bonchev–Trinajstić information content (AvgIpc) is 2.98. The minimum absolute atomic E-state index is 0.157. The minimum atomic E-state index is -0.423. The Bertz CT molecular complexity index is 624. The van der Waals surface area contributed by atoms with Crippen LogP contribution >= 0.6 is 11.3 Å². The third kappa shape index (κ3) is 2.16. The highest BCUT2D eigenvalue weighted by Crippen LogP contribution is 2.33. The largest absolute Gasteiger partial charge is 0.496 e. The molecule has 1 aliphatic carbocycles. The SMILES string of the molecule is COc1ccc(F)cc1C(=O)c1cc2c(s1)CCC2. The predicted molar refractivity (Wildman–Crippen MR) is 72.7 cm³/mol. The number of hydrogen-bond donors (Lipinski definition) is 0. The van der Waals surface area contributed by atoms with Gasteiger partial charge in [-0.25, -0.2) is 4.39 Å². The van der Waals surface area contributed by atoms with E-state index in [1.165, 1.54) is 53.5 Å². The highest BCUT2D eigenvalue weighted by Gasteiger charge is 2.21. The number of hydrogen-bond acceptors (Lipinski definition) is 3. The third-order valence-corrected chi connectivity index (χ3v) is 4.61. The van der Waals surface area contributed by atoms with Gasteiger partial charge in [0.1, 0.15) is 11.6 Å². The Morgan fingerprint density at radius 3 is 2.89 bits per heavy atom. The monoisotopic (exact) mass is 276 g/mol. The summed E-state index contributed by atoms with van der Waals surface area (Å²) >= 11 is 1.52. The summed E-state index contributed by atoms with van der Waals surface area (Å²) in [7, 11) is 1.48. The van der Waals surface area contributed by atoms with E-state index in [2.05, 4.69) is 0 Å². The van der Waals surface area contributed by atoms with Crippen LogP contribution in [-0.2, 0) is 12.8 Å². The van der Waals surface area contributed by atoms with Gasteiger partial charge in [-0.3, -0.25) is 4.79 Å². The lowest BCUT2D eigenvalue weighted by molar-refractivity contribution is 0.103.